The summed E-state index contributed by atoms with van der Waals surface area (Å²) in [6, 6.07) is 0. The standard InChI is InChI=1S/C5H5BrN2O3/c1-3-2-7(11)5(10)8(6)4(3)9/h2,11H,1H3. The summed E-state index contributed by atoms with van der Waals surface area (Å²) in [5.74, 6) is 0. The maximum atomic E-state index is 10.9. The smallest absolute Gasteiger partial charge is 0.374 e. The van der Waals surface area contributed by atoms with E-state index in [0.717, 1.165) is 6.20 Å². The van der Waals surface area contributed by atoms with Crippen LogP contribution in [0.25, 0.3) is 0 Å². The molecule has 11 heavy (non-hydrogen) atoms. The van der Waals surface area contributed by atoms with Gasteiger partial charge in [-0.05, 0) is 6.92 Å². The fourth-order valence-electron chi connectivity index (χ4n) is 0.626. The van der Waals surface area contributed by atoms with Crippen LogP contribution >= 0.6 is 16.1 Å². The maximum Gasteiger partial charge on any atom is 0.374 e. The molecule has 1 aromatic heterocycles. The molecule has 0 aliphatic carbocycles. The predicted molar refractivity (Wildman–Crippen MR) is 41.2 cm³/mol. The molecule has 0 amide bonds. The Morgan fingerprint density at radius 2 is 2.09 bits per heavy atom. The lowest BCUT2D eigenvalue weighted by molar-refractivity contribution is 0.168. The molecule has 0 aliphatic rings. The van der Waals surface area contributed by atoms with Crippen LogP contribution in [0.3, 0.4) is 0 Å². The summed E-state index contributed by atoms with van der Waals surface area (Å²) in [7, 11) is 0. The first-order valence-corrected chi connectivity index (χ1v) is 3.45. The summed E-state index contributed by atoms with van der Waals surface area (Å²) in [5, 5.41) is 8.82. The Balaban J connectivity index is 3.74. The van der Waals surface area contributed by atoms with E-state index >= 15 is 0 Å². The van der Waals surface area contributed by atoms with Gasteiger partial charge in [-0.1, -0.05) is 0 Å². The van der Waals surface area contributed by atoms with E-state index in [2.05, 4.69) is 16.1 Å². The van der Waals surface area contributed by atoms with E-state index in [1.54, 1.807) is 0 Å². The number of rotatable bonds is 0. The monoisotopic (exact) mass is 220 g/mol. The Bertz CT molecular complexity index is 357. The molecule has 6 heteroatoms. The van der Waals surface area contributed by atoms with Gasteiger partial charge in [-0.2, -0.15) is 3.59 Å². The molecule has 1 N–H and O–H groups in total. The fourth-order valence-corrected chi connectivity index (χ4v) is 1.07. The molecule has 60 valence electrons. The molecule has 0 radical (unpaired) electrons. The van der Waals surface area contributed by atoms with Crippen molar-refractivity contribution in [2.75, 3.05) is 0 Å². The van der Waals surface area contributed by atoms with Crippen LogP contribution in [-0.2, 0) is 0 Å². The normalized spacial score (nSPS) is 10.0. The third-order valence-corrected chi connectivity index (χ3v) is 1.82. The largest absolute Gasteiger partial charge is 0.424 e. The van der Waals surface area contributed by atoms with Gasteiger partial charge < -0.3 is 5.21 Å². The minimum Gasteiger partial charge on any atom is -0.424 e. The molecule has 1 aromatic rings. The average Bonchev–Trinajstić information content (AvgIpc) is 1.97. The molecule has 0 atom stereocenters. The first-order valence-electron chi connectivity index (χ1n) is 2.74. The third kappa shape index (κ3) is 1.21. The van der Waals surface area contributed by atoms with Gasteiger partial charge in [0.2, 0.25) is 0 Å². The molecule has 5 nitrogen and oxygen atoms in total. The Hall–Kier alpha value is -1.04. The fraction of sp³-hybridized carbons (Fsp3) is 0.200. The zero-order valence-corrected chi connectivity index (χ0v) is 7.20. The van der Waals surface area contributed by atoms with E-state index in [4.69, 9.17) is 5.21 Å². The molecular formula is C5H5BrN2O3. The zero-order chi connectivity index (χ0) is 8.59. The second-order valence-electron chi connectivity index (χ2n) is 2.03. The summed E-state index contributed by atoms with van der Waals surface area (Å²) in [4.78, 5) is 21.7. The molecule has 0 bridgehead atoms. The van der Waals surface area contributed by atoms with E-state index in [-0.39, 0.29) is 5.56 Å². The predicted octanol–water partition coefficient (Wildman–Crippen LogP) is -0.286. The molecule has 0 aromatic carbocycles. The Morgan fingerprint density at radius 3 is 2.64 bits per heavy atom. The number of halogens is 1. The summed E-state index contributed by atoms with van der Waals surface area (Å²) < 4.78 is 0.994. The summed E-state index contributed by atoms with van der Waals surface area (Å²) >= 11 is 2.69. The summed E-state index contributed by atoms with van der Waals surface area (Å²) in [5.41, 5.74) is -1.01. The molecule has 0 saturated carbocycles. The number of hydrogen-bond donors (Lipinski definition) is 1. The van der Waals surface area contributed by atoms with Gasteiger partial charge >= 0.3 is 5.69 Å². The van der Waals surface area contributed by atoms with Crippen LogP contribution < -0.4 is 11.2 Å². The lowest BCUT2D eigenvalue weighted by Crippen LogP contribution is -2.34. The van der Waals surface area contributed by atoms with Gasteiger partial charge in [0.05, 0.1) is 22.3 Å². The minimum atomic E-state index is -0.819. The van der Waals surface area contributed by atoms with E-state index < -0.39 is 11.2 Å². The van der Waals surface area contributed by atoms with Crippen LogP contribution in [-0.4, -0.2) is 13.5 Å². The Labute approximate surface area is 69.8 Å². The Morgan fingerprint density at radius 1 is 1.55 bits per heavy atom. The molecule has 0 saturated heterocycles. The SMILES string of the molecule is Cc1cn(O)c(=O)n(Br)c1=O. The van der Waals surface area contributed by atoms with Crippen molar-refractivity contribution >= 4 is 16.1 Å². The molecule has 0 unspecified atom stereocenters. The summed E-state index contributed by atoms with van der Waals surface area (Å²) in [6.45, 7) is 1.49. The number of aryl methyl sites for hydroxylation is 1. The van der Waals surface area contributed by atoms with E-state index in [1.165, 1.54) is 6.92 Å². The highest BCUT2D eigenvalue weighted by Crippen LogP contribution is 1.85. The summed E-state index contributed by atoms with van der Waals surface area (Å²) in [6.07, 6.45) is 1.06. The lowest BCUT2D eigenvalue weighted by atomic mass is 10.4. The van der Waals surface area contributed by atoms with Crippen LogP contribution in [0.5, 0.6) is 0 Å². The zero-order valence-electron chi connectivity index (χ0n) is 5.61. The van der Waals surface area contributed by atoms with Gasteiger partial charge in [-0.25, -0.2) is 4.79 Å². The van der Waals surface area contributed by atoms with Crippen molar-refractivity contribution in [1.82, 2.24) is 8.32 Å². The van der Waals surface area contributed by atoms with Crippen LogP contribution in [0.15, 0.2) is 15.8 Å². The third-order valence-electron chi connectivity index (χ3n) is 1.20. The van der Waals surface area contributed by atoms with Gasteiger partial charge in [0.1, 0.15) is 0 Å². The topological polar surface area (TPSA) is 64.2 Å². The van der Waals surface area contributed by atoms with Crippen LogP contribution in [0, 0.1) is 6.92 Å². The minimum absolute atomic E-state index is 0.281. The quantitative estimate of drug-likeness (QED) is 0.612. The van der Waals surface area contributed by atoms with Crippen molar-refractivity contribution in [3.8, 4) is 0 Å². The highest BCUT2D eigenvalue weighted by molar-refractivity contribution is 9.08. The van der Waals surface area contributed by atoms with Crippen molar-refractivity contribution in [3.63, 3.8) is 0 Å². The number of hydrogen-bond acceptors (Lipinski definition) is 3. The second-order valence-corrected chi connectivity index (χ2v) is 2.73. The molecule has 0 fully saturated rings. The van der Waals surface area contributed by atoms with Gasteiger partial charge in [0, 0.05) is 5.56 Å². The maximum absolute atomic E-state index is 10.9. The molecule has 0 spiro atoms. The van der Waals surface area contributed by atoms with E-state index in [9.17, 15) is 9.59 Å². The van der Waals surface area contributed by atoms with E-state index in [0.29, 0.717) is 8.32 Å². The first-order chi connectivity index (χ1) is 5.04. The highest BCUT2D eigenvalue weighted by Gasteiger charge is 2.03. The second kappa shape index (κ2) is 2.54. The van der Waals surface area contributed by atoms with Crippen molar-refractivity contribution < 1.29 is 5.21 Å². The van der Waals surface area contributed by atoms with Crippen LogP contribution in [0.1, 0.15) is 5.56 Å². The molecular weight excluding hydrogens is 216 g/mol. The average molecular weight is 221 g/mol. The Kier molecular flexibility index (Phi) is 1.86. The van der Waals surface area contributed by atoms with Gasteiger partial charge in [-0.15, -0.1) is 4.73 Å². The molecule has 1 rings (SSSR count). The van der Waals surface area contributed by atoms with Gasteiger partial charge in [0.25, 0.3) is 5.56 Å². The number of aromatic nitrogens is 2. The van der Waals surface area contributed by atoms with E-state index in [1.807, 2.05) is 0 Å². The van der Waals surface area contributed by atoms with Crippen molar-refractivity contribution in [1.29, 1.82) is 0 Å². The first kappa shape index (κ1) is 8.06. The lowest BCUT2D eigenvalue weighted by Gasteiger charge is -1.98. The van der Waals surface area contributed by atoms with Gasteiger partial charge in [-0.3, -0.25) is 4.79 Å². The van der Waals surface area contributed by atoms with Crippen molar-refractivity contribution in [3.05, 3.63) is 32.6 Å². The van der Waals surface area contributed by atoms with Crippen LogP contribution in [0.2, 0.25) is 0 Å². The van der Waals surface area contributed by atoms with Crippen LogP contribution in [0.4, 0.5) is 0 Å². The van der Waals surface area contributed by atoms with Gasteiger partial charge in [0.15, 0.2) is 0 Å². The molecule has 1 heterocycles. The van der Waals surface area contributed by atoms with Crippen molar-refractivity contribution in [2.45, 2.75) is 6.92 Å². The van der Waals surface area contributed by atoms with Crippen molar-refractivity contribution in [2.24, 2.45) is 0 Å². The number of nitrogens with zero attached hydrogens (tertiary/aromatic N) is 2. The highest BCUT2D eigenvalue weighted by atomic mass is 79.9. The molecule has 0 aliphatic heterocycles.